The molecule has 0 saturated carbocycles. The molecular formula is C45H71N12O26P4S+. The van der Waals surface area contributed by atoms with Gasteiger partial charge in [0.25, 0.3) is 17.1 Å². The lowest BCUT2D eigenvalue weighted by Crippen LogP contribution is -2.63. The lowest BCUT2D eigenvalue weighted by molar-refractivity contribution is -0.793. The predicted octanol–water partition coefficient (Wildman–Crippen LogP) is -2.60. The van der Waals surface area contributed by atoms with Crippen molar-refractivity contribution in [1.29, 1.82) is 0 Å². The number of amides is 5. The zero-order chi connectivity index (χ0) is 64.4. The van der Waals surface area contributed by atoms with Crippen LogP contribution >= 0.6 is 43.1 Å². The number of aliphatic hydroxyl groups is 4. The summed E-state index contributed by atoms with van der Waals surface area (Å²) >= 11 is 1.85. The van der Waals surface area contributed by atoms with Crippen LogP contribution in [0.1, 0.15) is 88.8 Å². The van der Waals surface area contributed by atoms with E-state index >= 15 is 0 Å². The van der Waals surface area contributed by atoms with Gasteiger partial charge in [-0.3, -0.25) is 52.1 Å². The lowest BCUT2D eigenvalue weighted by atomic mass is 10.0. The third kappa shape index (κ3) is 19.2. The summed E-state index contributed by atoms with van der Waals surface area (Å²) < 4.78 is 84.7. The number of aryl methyl sites for hydroxylation is 1. The molecule has 4 fully saturated rings. The van der Waals surface area contributed by atoms with Gasteiger partial charge in [0, 0.05) is 56.1 Å². The lowest BCUT2D eigenvalue weighted by Gasteiger charge is -2.24. The van der Waals surface area contributed by atoms with Crippen LogP contribution in [0.4, 0.5) is 10.7 Å². The van der Waals surface area contributed by atoms with Gasteiger partial charge in [0.2, 0.25) is 29.0 Å². The monoisotopic (exact) mass is 1350 g/mol. The van der Waals surface area contributed by atoms with Crippen molar-refractivity contribution in [3.8, 4) is 0 Å². The van der Waals surface area contributed by atoms with Crippen LogP contribution in [0, 0.1) is 0 Å². The number of fused-ring (bicyclic) bond motifs is 2. The number of rotatable bonds is 34. The Hall–Kier alpha value is -5.08. The molecule has 3 aromatic heterocycles. The molecule has 38 nitrogen and oxygen atoms in total. The third-order valence-electron chi connectivity index (χ3n) is 14.1. The normalized spacial score (nSPS) is 27.1. The van der Waals surface area contributed by atoms with E-state index in [9.17, 15) is 91.8 Å². The summed E-state index contributed by atoms with van der Waals surface area (Å²) in [7, 11) is -23.1. The van der Waals surface area contributed by atoms with E-state index in [0.29, 0.717) is 61.4 Å². The number of phosphoric acid groups is 4. The number of hydrogen-bond donors (Lipinski definition) is 16. The fourth-order valence-corrected chi connectivity index (χ4v) is 16.3. The highest BCUT2D eigenvalue weighted by Crippen LogP contribution is 2.71. The van der Waals surface area contributed by atoms with E-state index in [4.69, 9.17) is 15.2 Å². The molecule has 7 heterocycles. The molecule has 4 aliphatic rings. The number of aromatic nitrogens is 6. The van der Waals surface area contributed by atoms with Gasteiger partial charge in [-0.15, -0.1) is 0 Å². The second kappa shape index (κ2) is 30.4. The number of urea groups is 1. The number of thioether (sulfide) groups is 1. The molecule has 0 bridgehead atoms. The van der Waals surface area contributed by atoms with E-state index in [1.807, 2.05) is 16.7 Å². The Morgan fingerprint density at radius 2 is 1.38 bits per heavy atom. The van der Waals surface area contributed by atoms with Gasteiger partial charge >= 0.3 is 48.7 Å². The van der Waals surface area contributed by atoms with Crippen LogP contribution < -0.4 is 53.7 Å². The smallest absolute Gasteiger partial charge is 0.387 e. The zero-order valence-corrected chi connectivity index (χ0v) is 51.3. The Bertz CT molecular complexity index is 3430. The minimum absolute atomic E-state index is 0.000500. The van der Waals surface area contributed by atoms with E-state index in [1.165, 1.54) is 23.8 Å². The number of imidazole rings is 1. The van der Waals surface area contributed by atoms with Crippen molar-refractivity contribution in [2.75, 3.05) is 50.9 Å². The Balaban J connectivity index is 0.749. The molecule has 0 aliphatic carbocycles. The highest BCUT2D eigenvalue weighted by atomic mass is 32.2. The first kappa shape index (κ1) is 70.4. The van der Waals surface area contributed by atoms with E-state index < -0.39 is 110 Å². The van der Waals surface area contributed by atoms with Gasteiger partial charge in [-0.1, -0.05) is 36.4 Å². The number of carbonyl (C=O) groups is 4. The predicted molar refractivity (Wildman–Crippen MR) is 303 cm³/mol. The van der Waals surface area contributed by atoms with E-state index in [2.05, 4.69) is 58.5 Å². The van der Waals surface area contributed by atoms with Gasteiger partial charge in [0.05, 0.1) is 37.9 Å². The van der Waals surface area contributed by atoms with Gasteiger partial charge in [0.15, 0.2) is 12.6 Å². The van der Waals surface area contributed by atoms with Crippen molar-refractivity contribution >= 4 is 90.0 Å². The fourth-order valence-electron chi connectivity index (χ4n) is 9.82. The molecule has 0 radical (unpaired) electrons. The van der Waals surface area contributed by atoms with Crippen molar-refractivity contribution in [3.05, 3.63) is 55.4 Å². The maximum absolute atomic E-state index is 12.8. The van der Waals surface area contributed by atoms with E-state index in [-0.39, 0.29) is 71.5 Å². The molecule has 4 aliphatic heterocycles. The minimum Gasteiger partial charge on any atom is -0.387 e. The number of nitrogens with two attached hydrogens (primary N) is 1. The van der Waals surface area contributed by atoms with Crippen molar-refractivity contribution in [1.82, 2.24) is 50.7 Å². The highest BCUT2D eigenvalue weighted by molar-refractivity contribution is 8.00. The number of nitrogens with zero attached hydrogens (tertiary/aromatic N) is 4. The number of anilines is 1. The molecule has 14 atom stereocenters. The molecule has 88 heavy (non-hydrogen) atoms. The minimum atomic E-state index is -6.35. The summed E-state index contributed by atoms with van der Waals surface area (Å²) in [6, 6.07) is 0.227. The van der Waals surface area contributed by atoms with Crippen molar-refractivity contribution in [3.63, 3.8) is 0 Å². The quantitative estimate of drug-likeness (QED) is 0.0126. The van der Waals surface area contributed by atoms with Gasteiger partial charge in [-0.25, -0.2) is 27.8 Å². The molecular weight excluding hydrogens is 1280 g/mol. The molecule has 17 N–H and O–H groups in total. The molecule has 0 spiro atoms. The number of aromatic amines is 2. The van der Waals surface area contributed by atoms with Gasteiger partial charge in [-0.2, -0.15) is 29.3 Å². The summed E-state index contributed by atoms with van der Waals surface area (Å²) in [5, 5.41) is 58.3. The number of nitrogens with one attached hydrogen (secondary N) is 7. The van der Waals surface area contributed by atoms with Crippen LogP contribution in [0.3, 0.4) is 0 Å². The first-order valence-electron chi connectivity index (χ1n) is 27.4. The Morgan fingerprint density at radius 3 is 2.00 bits per heavy atom. The fraction of sp³-hybridized carbons (Fsp3) is 0.667. The van der Waals surface area contributed by atoms with Gasteiger partial charge < -0.3 is 81.8 Å². The summed E-state index contributed by atoms with van der Waals surface area (Å²) in [5.41, 5.74) is -0.160. The van der Waals surface area contributed by atoms with Gasteiger partial charge in [0.1, 0.15) is 37.1 Å². The number of nitrogen functional groups attached to an aromatic ring is 1. The topological polar surface area (TPSA) is 559 Å². The van der Waals surface area contributed by atoms with E-state index in [0.717, 1.165) is 54.9 Å². The number of phosphoric ester groups is 2. The molecule has 3 aromatic rings. The first-order chi connectivity index (χ1) is 41.4. The molecule has 7 unspecified atom stereocenters. The molecule has 7 rings (SSSR count). The zero-order valence-electron chi connectivity index (χ0n) is 46.9. The third-order valence-corrected chi connectivity index (χ3v) is 21.6. The molecule has 4 saturated heterocycles. The summed E-state index contributed by atoms with van der Waals surface area (Å²) in [5.74, 6) is 0.121. The van der Waals surface area contributed by atoms with Crippen LogP contribution in [0.25, 0.3) is 17.2 Å². The average molecular weight is 1350 g/mol. The van der Waals surface area contributed by atoms with Crippen LogP contribution in [0.15, 0.2) is 33.0 Å². The number of ether oxygens (including phenoxy) is 2. The van der Waals surface area contributed by atoms with Crippen molar-refractivity contribution in [2.24, 2.45) is 7.05 Å². The maximum atomic E-state index is 12.8. The molecule has 492 valence electrons. The van der Waals surface area contributed by atoms with Gasteiger partial charge in [-0.05, 0) is 38.5 Å². The Morgan fingerprint density at radius 1 is 0.795 bits per heavy atom. The van der Waals surface area contributed by atoms with E-state index in [1.54, 1.807) is 0 Å². The maximum Gasteiger partial charge on any atom is 0.490 e. The van der Waals surface area contributed by atoms with Crippen LogP contribution in [-0.4, -0.2) is 181 Å². The number of aliphatic hydroxyl groups excluding tert-OH is 3. The Kier molecular flexibility index (Phi) is 24.3. The van der Waals surface area contributed by atoms with Crippen LogP contribution in [0.5, 0.6) is 0 Å². The van der Waals surface area contributed by atoms with Crippen LogP contribution in [-0.2, 0) is 76.9 Å². The number of carbonyl (C=O) groups excluding carboxylic acids is 4. The van der Waals surface area contributed by atoms with Crippen molar-refractivity contribution < 1.29 is 113 Å². The average Bonchev–Trinajstić information content (AvgIpc) is 1.78. The summed E-state index contributed by atoms with van der Waals surface area (Å²) in [6.07, 6.45) is 0.680. The molecule has 0 aromatic carbocycles. The van der Waals surface area contributed by atoms with Crippen LogP contribution in [0.2, 0.25) is 0 Å². The number of H-pyrrole nitrogens is 2. The second-order valence-corrected chi connectivity index (χ2v) is 28.3. The number of unbranched alkanes of at least 4 members (excludes halogenated alkanes) is 5. The largest absolute Gasteiger partial charge is 0.490 e. The summed E-state index contributed by atoms with van der Waals surface area (Å²) in [6.45, 7) is -2.36. The SMILES string of the molecule is Cn1c[n+](C2(O)CO[C@H](COP(=O)(O)OP(=O)(O)OP(=O)(O)OP(=O)(O)OC[C@H]3O[C@@H](n4cc(/C=C/CNC(=O)CCCCCNC(=O)CCCCCNC(=O)CCCC[C@H]5SC[C@H]6NC(=O)N[C@H]65)c(=O)[nH]c4=O)C(O)[C@H]3O)C2O)c2nc(N)[nH]c(=O)c21. The highest BCUT2D eigenvalue weighted by Gasteiger charge is 2.55. The summed E-state index contributed by atoms with van der Waals surface area (Å²) in [4.78, 5) is 135. The molecule has 43 heteroatoms. The second-order valence-electron chi connectivity index (χ2n) is 20.8. The standard InChI is InChI=1S/C45H70N12O26P4S/c1-55-24-57(38-34(55)40(65)53-42(46)52-38)45(68)23-77-28(37(45)63)21-79-85(71,72)82-87(75,76)83-86(73,74)81-84(69,70)78-20-27-35(61)36(62)41(80-27)56-19-25(39(64)54-44(56)67)11-10-18-49-31(59)14-5-3-8-16-47-30(58)13-4-2-9-17-48-32(60)15-7-6-12-29-33-26(22-88-29)50-43(66)51-33/h10-11,19,24,26-29,33,35-37,41,61-63,68H,2-9,12-18,20-23H2,1H3,(H12-,46,47,48,49,50,51,52,53,54,58,59,60,64,65,66,67,69,70,71,72,73,74,75,76)/p+1/b11-10+/t26-,27-,28-,29-,33-,35+,36?,37?,41-,45?/m1/s1. The number of hydrogen-bond acceptors (Lipinski definition) is 25. The Labute approximate surface area is 502 Å². The first-order valence-corrected chi connectivity index (χ1v) is 34.4. The van der Waals surface area contributed by atoms with Crippen molar-refractivity contribution in [2.45, 2.75) is 137 Å². The molecule has 5 amide bonds.